The molecule has 1 amide bonds. The van der Waals surface area contributed by atoms with Gasteiger partial charge in [0.25, 0.3) is 0 Å². The van der Waals surface area contributed by atoms with Crippen molar-refractivity contribution >= 4 is 5.91 Å². The Morgan fingerprint density at radius 3 is 2.50 bits per heavy atom. The lowest BCUT2D eigenvalue weighted by molar-refractivity contribution is -0.221. The number of likely N-dealkylation sites (tertiary alicyclic amines) is 1. The monoisotopic (exact) mass is 236 g/mol. The third kappa shape index (κ3) is 1.59. The van der Waals surface area contributed by atoms with Crippen LogP contribution >= 0.6 is 0 Å². The first kappa shape index (κ1) is 11.7. The molecule has 6 heteroatoms. The van der Waals surface area contributed by atoms with E-state index in [1.165, 1.54) is 0 Å². The van der Waals surface area contributed by atoms with Crippen LogP contribution in [0, 0.1) is 5.92 Å². The van der Waals surface area contributed by atoms with E-state index in [2.05, 4.69) is 0 Å². The van der Waals surface area contributed by atoms with Crippen LogP contribution in [0.1, 0.15) is 25.7 Å². The predicted octanol–water partition coefficient (Wildman–Crippen LogP) is 1.28. The maximum Gasteiger partial charge on any atom is 0.412 e. The second-order valence-electron chi connectivity index (χ2n) is 4.60. The molecule has 1 aliphatic heterocycles. The number of carbonyl (C=O) groups excluding carboxylic acids is 1. The number of alkyl halides is 3. The van der Waals surface area contributed by atoms with E-state index in [-0.39, 0.29) is 24.8 Å². The Kier molecular flexibility index (Phi) is 2.64. The Morgan fingerprint density at radius 1 is 1.44 bits per heavy atom. The molecule has 1 saturated heterocycles. The van der Waals surface area contributed by atoms with E-state index in [9.17, 15) is 18.0 Å². The van der Waals surface area contributed by atoms with Crippen LogP contribution in [0.5, 0.6) is 0 Å². The Hall–Kier alpha value is -0.780. The molecule has 0 aromatic carbocycles. The average molecular weight is 236 g/mol. The van der Waals surface area contributed by atoms with Crippen LogP contribution < -0.4 is 5.73 Å². The van der Waals surface area contributed by atoms with Crippen LogP contribution in [0.15, 0.2) is 0 Å². The lowest BCUT2D eigenvalue weighted by atomic mass is 9.95. The molecule has 16 heavy (non-hydrogen) atoms. The molecule has 2 fully saturated rings. The van der Waals surface area contributed by atoms with Gasteiger partial charge in [0.2, 0.25) is 5.91 Å². The van der Waals surface area contributed by atoms with Gasteiger partial charge in [-0.05, 0) is 25.7 Å². The number of rotatable bonds is 2. The second kappa shape index (κ2) is 3.61. The van der Waals surface area contributed by atoms with Crippen molar-refractivity contribution in [1.82, 2.24) is 4.90 Å². The SMILES string of the molecule is NCC1(C(F)(F)F)CCCN1C(=O)C1CC1. The van der Waals surface area contributed by atoms with Crippen LogP contribution in [0.4, 0.5) is 13.2 Å². The first-order valence-electron chi connectivity index (χ1n) is 5.51. The largest absolute Gasteiger partial charge is 0.412 e. The summed E-state index contributed by atoms with van der Waals surface area (Å²) in [5.74, 6) is -0.549. The highest BCUT2D eigenvalue weighted by Crippen LogP contribution is 2.45. The normalized spacial score (nSPS) is 30.9. The Labute approximate surface area is 91.8 Å². The maximum atomic E-state index is 13.0. The molecule has 2 aliphatic rings. The molecule has 3 nitrogen and oxygen atoms in total. The first-order valence-corrected chi connectivity index (χ1v) is 5.51. The molecule has 0 bridgehead atoms. The van der Waals surface area contributed by atoms with Crippen LogP contribution in [0.2, 0.25) is 0 Å². The summed E-state index contributed by atoms with van der Waals surface area (Å²) in [6.45, 7) is -0.346. The molecule has 1 aliphatic carbocycles. The van der Waals surface area contributed by atoms with Gasteiger partial charge in [-0.25, -0.2) is 0 Å². The van der Waals surface area contributed by atoms with Gasteiger partial charge in [-0.1, -0.05) is 0 Å². The van der Waals surface area contributed by atoms with Crippen LogP contribution in [0.25, 0.3) is 0 Å². The van der Waals surface area contributed by atoms with Gasteiger partial charge in [-0.15, -0.1) is 0 Å². The molecule has 2 rings (SSSR count). The summed E-state index contributed by atoms with van der Waals surface area (Å²) in [5.41, 5.74) is 3.19. The lowest BCUT2D eigenvalue weighted by Gasteiger charge is -2.39. The van der Waals surface area contributed by atoms with Crippen LogP contribution in [-0.2, 0) is 4.79 Å². The minimum absolute atomic E-state index is 0.0640. The number of carbonyl (C=O) groups is 1. The second-order valence-corrected chi connectivity index (χ2v) is 4.60. The quantitative estimate of drug-likeness (QED) is 0.785. The van der Waals surface area contributed by atoms with Gasteiger partial charge in [-0.3, -0.25) is 4.79 Å². The number of hydrogen-bond donors (Lipinski definition) is 1. The fraction of sp³-hybridized carbons (Fsp3) is 0.900. The number of halogens is 3. The highest BCUT2D eigenvalue weighted by Gasteiger charge is 2.61. The molecule has 1 unspecified atom stereocenters. The van der Waals surface area contributed by atoms with Crippen molar-refractivity contribution in [3.05, 3.63) is 0 Å². The number of nitrogens with two attached hydrogens (primary N) is 1. The molecule has 1 saturated carbocycles. The molecule has 0 aromatic rings. The standard InChI is InChI=1S/C10H15F3N2O/c11-10(12,13)9(6-14)4-1-5-15(9)8(16)7-2-3-7/h7H,1-6,14H2. The van der Waals surface area contributed by atoms with Gasteiger partial charge >= 0.3 is 6.18 Å². The van der Waals surface area contributed by atoms with E-state index < -0.39 is 18.3 Å². The summed E-state index contributed by atoms with van der Waals surface area (Å²) in [7, 11) is 0. The molecule has 0 radical (unpaired) electrons. The predicted molar refractivity (Wildman–Crippen MR) is 51.5 cm³/mol. The molecule has 0 spiro atoms. The van der Waals surface area contributed by atoms with Gasteiger partial charge in [-0.2, -0.15) is 13.2 Å². The topological polar surface area (TPSA) is 46.3 Å². The third-order valence-electron chi connectivity index (χ3n) is 3.55. The van der Waals surface area contributed by atoms with E-state index in [0.29, 0.717) is 19.3 Å². The van der Waals surface area contributed by atoms with E-state index >= 15 is 0 Å². The molecular weight excluding hydrogens is 221 g/mol. The number of nitrogens with zero attached hydrogens (tertiary/aromatic N) is 1. The molecule has 1 heterocycles. The van der Waals surface area contributed by atoms with Crippen LogP contribution in [0.3, 0.4) is 0 Å². The Bertz CT molecular complexity index is 301. The molecule has 0 aromatic heterocycles. The van der Waals surface area contributed by atoms with E-state index in [1.807, 2.05) is 0 Å². The Balaban J connectivity index is 2.25. The maximum absolute atomic E-state index is 13.0. The summed E-state index contributed by atoms with van der Waals surface area (Å²) in [5, 5.41) is 0. The molecule has 2 N–H and O–H groups in total. The molecule has 1 atom stereocenters. The average Bonchev–Trinajstić information content (AvgIpc) is 2.94. The number of hydrogen-bond acceptors (Lipinski definition) is 2. The van der Waals surface area contributed by atoms with E-state index in [0.717, 1.165) is 4.90 Å². The van der Waals surface area contributed by atoms with Crippen LogP contribution in [-0.4, -0.2) is 35.6 Å². The lowest BCUT2D eigenvalue weighted by Crippen LogP contribution is -2.61. The smallest absolute Gasteiger partial charge is 0.328 e. The van der Waals surface area contributed by atoms with Crippen molar-refractivity contribution in [2.75, 3.05) is 13.1 Å². The van der Waals surface area contributed by atoms with Gasteiger partial charge in [0.05, 0.1) is 0 Å². The van der Waals surface area contributed by atoms with Gasteiger partial charge in [0.1, 0.15) is 0 Å². The fourth-order valence-corrected chi connectivity index (χ4v) is 2.37. The van der Waals surface area contributed by atoms with Crippen molar-refractivity contribution in [3.8, 4) is 0 Å². The minimum Gasteiger partial charge on any atom is -0.328 e. The highest BCUT2D eigenvalue weighted by atomic mass is 19.4. The van der Waals surface area contributed by atoms with Crippen molar-refractivity contribution in [2.45, 2.75) is 37.4 Å². The zero-order chi connectivity index (χ0) is 12.0. The summed E-state index contributed by atoms with van der Waals surface area (Å²) < 4.78 is 39.1. The molecule has 92 valence electrons. The van der Waals surface area contributed by atoms with Crippen molar-refractivity contribution in [3.63, 3.8) is 0 Å². The summed E-state index contributed by atoms with van der Waals surface area (Å²) >= 11 is 0. The minimum atomic E-state index is -4.43. The van der Waals surface area contributed by atoms with E-state index in [4.69, 9.17) is 5.73 Å². The van der Waals surface area contributed by atoms with Crippen molar-refractivity contribution in [2.24, 2.45) is 11.7 Å². The zero-order valence-corrected chi connectivity index (χ0v) is 8.89. The Morgan fingerprint density at radius 2 is 2.06 bits per heavy atom. The van der Waals surface area contributed by atoms with Gasteiger partial charge in [0, 0.05) is 19.0 Å². The van der Waals surface area contributed by atoms with Gasteiger partial charge in [0.15, 0.2) is 5.54 Å². The number of amides is 1. The van der Waals surface area contributed by atoms with Crippen molar-refractivity contribution < 1.29 is 18.0 Å². The summed E-state index contributed by atoms with van der Waals surface area (Å²) in [6, 6.07) is 0. The van der Waals surface area contributed by atoms with E-state index in [1.54, 1.807) is 0 Å². The first-order chi connectivity index (χ1) is 7.42. The zero-order valence-electron chi connectivity index (χ0n) is 8.89. The third-order valence-corrected chi connectivity index (χ3v) is 3.55. The van der Waals surface area contributed by atoms with Crippen molar-refractivity contribution in [1.29, 1.82) is 0 Å². The highest BCUT2D eigenvalue weighted by molar-refractivity contribution is 5.82. The summed E-state index contributed by atoms with van der Waals surface area (Å²) in [6.07, 6.45) is -2.68. The summed E-state index contributed by atoms with van der Waals surface area (Å²) in [4.78, 5) is 12.8. The fourth-order valence-electron chi connectivity index (χ4n) is 2.37. The van der Waals surface area contributed by atoms with Gasteiger partial charge < -0.3 is 10.6 Å². The molecular formula is C10H15F3N2O.